The van der Waals surface area contributed by atoms with Crippen LogP contribution in [-0.2, 0) is 4.79 Å². The Labute approximate surface area is 178 Å². The fraction of sp³-hybridized carbons (Fsp3) is 0.174. The molecule has 8 nitrogen and oxygen atoms in total. The number of nitrogens with one attached hydrogen (secondary N) is 1. The minimum atomic E-state index is -0.117. The van der Waals surface area contributed by atoms with Gasteiger partial charge in [-0.25, -0.2) is 4.98 Å². The van der Waals surface area contributed by atoms with Gasteiger partial charge in [-0.1, -0.05) is 42.5 Å². The summed E-state index contributed by atoms with van der Waals surface area (Å²) in [6.45, 7) is 1.93. The van der Waals surface area contributed by atoms with Crippen LogP contribution in [-0.4, -0.2) is 38.0 Å². The molecule has 8 heteroatoms. The van der Waals surface area contributed by atoms with Crippen LogP contribution in [0.4, 0.5) is 5.82 Å². The highest BCUT2D eigenvalue weighted by Gasteiger charge is 2.33. The van der Waals surface area contributed by atoms with Crippen LogP contribution in [0.15, 0.2) is 60.8 Å². The van der Waals surface area contributed by atoms with Crippen molar-refractivity contribution >= 4 is 11.7 Å². The van der Waals surface area contributed by atoms with Crippen LogP contribution in [0.3, 0.4) is 0 Å². The Kier molecular flexibility index (Phi) is 4.66. The molecule has 5 rings (SSSR count). The molecule has 0 radical (unpaired) electrons. The second kappa shape index (κ2) is 7.64. The van der Waals surface area contributed by atoms with Crippen molar-refractivity contribution in [1.29, 1.82) is 0 Å². The summed E-state index contributed by atoms with van der Waals surface area (Å²) in [6.07, 6.45) is 1.95. The SMILES string of the molecule is COc1ccc([C@H]2CC(=O)Nc3c2c(C)nn3-c2nncc(-c3ccccc3)n2)cc1. The smallest absolute Gasteiger partial charge is 0.272 e. The van der Waals surface area contributed by atoms with Crippen LogP contribution in [0, 0.1) is 6.92 Å². The van der Waals surface area contributed by atoms with E-state index in [2.05, 4.69) is 25.6 Å². The molecule has 0 bridgehead atoms. The first-order valence-corrected chi connectivity index (χ1v) is 9.93. The average molecular weight is 412 g/mol. The van der Waals surface area contributed by atoms with E-state index in [9.17, 15) is 4.79 Å². The Bertz CT molecular complexity index is 1250. The van der Waals surface area contributed by atoms with Gasteiger partial charge in [0.15, 0.2) is 0 Å². The Hall–Kier alpha value is -4.07. The molecule has 0 aliphatic carbocycles. The molecular weight excluding hydrogens is 392 g/mol. The number of benzene rings is 2. The highest BCUT2D eigenvalue weighted by molar-refractivity contribution is 5.95. The van der Waals surface area contributed by atoms with E-state index in [1.54, 1.807) is 18.0 Å². The van der Waals surface area contributed by atoms with Crippen LogP contribution in [0.5, 0.6) is 5.75 Å². The summed E-state index contributed by atoms with van der Waals surface area (Å²) < 4.78 is 6.83. The summed E-state index contributed by atoms with van der Waals surface area (Å²) in [5.74, 6) is 1.46. The van der Waals surface area contributed by atoms with E-state index in [0.29, 0.717) is 23.9 Å². The molecule has 1 amide bonds. The number of nitrogens with zero attached hydrogens (tertiary/aromatic N) is 5. The van der Waals surface area contributed by atoms with Gasteiger partial charge < -0.3 is 10.1 Å². The fourth-order valence-corrected chi connectivity index (χ4v) is 3.94. The number of fused-ring (bicyclic) bond motifs is 1. The van der Waals surface area contributed by atoms with E-state index in [1.165, 1.54) is 0 Å². The average Bonchev–Trinajstić information content (AvgIpc) is 3.15. The molecule has 3 heterocycles. The number of aryl methyl sites for hydroxylation is 1. The lowest BCUT2D eigenvalue weighted by Crippen LogP contribution is -2.25. The number of hydrogen-bond acceptors (Lipinski definition) is 6. The first-order chi connectivity index (χ1) is 15.1. The lowest BCUT2D eigenvalue weighted by atomic mass is 9.86. The molecule has 154 valence electrons. The van der Waals surface area contributed by atoms with Crippen LogP contribution in [0.25, 0.3) is 17.2 Å². The van der Waals surface area contributed by atoms with Gasteiger partial charge in [-0.15, -0.1) is 5.10 Å². The van der Waals surface area contributed by atoms with E-state index in [-0.39, 0.29) is 11.8 Å². The van der Waals surface area contributed by atoms with Crippen molar-refractivity contribution < 1.29 is 9.53 Å². The van der Waals surface area contributed by atoms with Crippen LogP contribution in [0.1, 0.15) is 29.2 Å². The number of aromatic nitrogens is 5. The first kappa shape index (κ1) is 18.9. The third-order valence-corrected chi connectivity index (χ3v) is 5.43. The monoisotopic (exact) mass is 412 g/mol. The molecule has 4 aromatic rings. The first-order valence-electron chi connectivity index (χ1n) is 9.93. The molecule has 31 heavy (non-hydrogen) atoms. The molecule has 1 atom stereocenters. The second-order valence-corrected chi connectivity index (χ2v) is 7.35. The molecule has 0 unspecified atom stereocenters. The van der Waals surface area contributed by atoms with Gasteiger partial charge >= 0.3 is 0 Å². The van der Waals surface area contributed by atoms with Gasteiger partial charge in [0.1, 0.15) is 11.6 Å². The third-order valence-electron chi connectivity index (χ3n) is 5.43. The molecule has 2 aromatic heterocycles. The predicted molar refractivity (Wildman–Crippen MR) is 115 cm³/mol. The van der Waals surface area contributed by atoms with Gasteiger partial charge in [0.05, 0.1) is 24.7 Å². The molecule has 0 fully saturated rings. The topological polar surface area (TPSA) is 94.8 Å². The zero-order chi connectivity index (χ0) is 21.4. The van der Waals surface area contributed by atoms with Gasteiger partial charge in [0.2, 0.25) is 5.91 Å². The maximum atomic E-state index is 12.6. The Balaban J connectivity index is 1.60. The Morgan fingerprint density at radius 1 is 1.10 bits per heavy atom. The number of carbonyl (C=O) groups excluding carboxylic acids is 1. The lowest BCUT2D eigenvalue weighted by Gasteiger charge is -2.24. The van der Waals surface area contributed by atoms with E-state index in [4.69, 9.17) is 4.74 Å². The maximum absolute atomic E-state index is 12.6. The molecule has 1 N–H and O–H groups in total. The lowest BCUT2D eigenvalue weighted by molar-refractivity contribution is -0.116. The largest absolute Gasteiger partial charge is 0.497 e. The number of anilines is 1. The van der Waals surface area contributed by atoms with E-state index >= 15 is 0 Å². The number of carbonyl (C=O) groups is 1. The maximum Gasteiger partial charge on any atom is 0.272 e. The number of ether oxygens (including phenoxy) is 1. The van der Waals surface area contributed by atoms with Crippen molar-refractivity contribution in [3.63, 3.8) is 0 Å². The summed E-state index contributed by atoms with van der Waals surface area (Å²) in [7, 11) is 1.63. The molecule has 1 aliphatic heterocycles. The van der Waals surface area contributed by atoms with Gasteiger partial charge in [-0.05, 0) is 24.6 Å². The highest BCUT2D eigenvalue weighted by atomic mass is 16.5. The molecule has 0 spiro atoms. The van der Waals surface area contributed by atoms with E-state index in [0.717, 1.165) is 28.1 Å². The highest BCUT2D eigenvalue weighted by Crippen LogP contribution is 2.40. The molecule has 1 aliphatic rings. The van der Waals surface area contributed by atoms with Gasteiger partial charge in [0.25, 0.3) is 5.95 Å². The number of methoxy groups -OCH3 is 1. The van der Waals surface area contributed by atoms with E-state index < -0.39 is 0 Å². The minimum Gasteiger partial charge on any atom is -0.497 e. The van der Waals surface area contributed by atoms with E-state index in [1.807, 2.05) is 61.5 Å². The summed E-state index contributed by atoms with van der Waals surface area (Å²) in [4.78, 5) is 17.2. The standard InChI is InChI=1S/C23H20N6O2/c1-14-21-18(15-8-10-17(31-2)11-9-15)12-20(30)26-22(21)29(28-14)23-25-19(13-24-27-23)16-6-4-3-5-7-16/h3-11,13,18H,12H2,1-2H3,(H,26,30)/t18-/m1/s1. The van der Waals surface area contributed by atoms with Crippen molar-refractivity contribution in [2.45, 2.75) is 19.3 Å². The number of hydrogen-bond donors (Lipinski definition) is 1. The summed E-state index contributed by atoms with van der Waals surface area (Å²) in [6, 6.07) is 17.5. The number of rotatable bonds is 4. The van der Waals surface area contributed by atoms with Crippen LogP contribution < -0.4 is 10.1 Å². The third kappa shape index (κ3) is 3.42. The normalized spacial score (nSPS) is 15.3. The van der Waals surface area contributed by atoms with Crippen molar-refractivity contribution in [2.24, 2.45) is 0 Å². The van der Waals surface area contributed by atoms with Crippen molar-refractivity contribution in [1.82, 2.24) is 25.0 Å². The van der Waals surface area contributed by atoms with Crippen LogP contribution >= 0.6 is 0 Å². The summed E-state index contributed by atoms with van der Waals surface area (Å²) in [5.41, 5.74) is 4.40. The van der Waals surface area contributed by atoms with Gasteiger partial charge in [0, 0.05) is 23.5 Å². The number of amides is 1. The Morgan fingerprint density at radius 3 is 2.61 bits per heavy atom. The van der Waals surface area contributed by atoms with Crippen molar-refractivity contribution in [3.05, 3.63) is 77.6 Å². The quantitative estimate of drug-likeness (QED) is 0.551. The van der Waals surface area contributed by atoms with Crippen molar-refractivity contribution in [3.8, 4) is 23.0 Å². The molecule has 2 aromatic carbocycles. The predicted octanol–water partition coefficient (Wildman–Crippen LogP) is 3.52. The fourth-order valence-electron chi connectivity index (χ4n) is 3.94. The van der Waals surface area contributed by atoms with Gasteiger partial charge in [-0.3, -0.25) is 4.79 Å². The van der Waals surface area contributed by atoms with Crippen molar-refractivity contribution in [2.75, 3.05) is 12.4 Å². The molecular formula is C23H20N6O2. The second-order valence-electron chi connectivity index (χ2n) is 7.35. The zero-order valence-corrected chi connectivity index (χ0v) is 17.1. The summed E-state index contributed by atoms with van der Waals surface area (Å²) >= 11 is 0. The molecule has 0 saturated carbocycles. The summed E-state index contributed by atoms with van der Waals surface area (Å²) in [5, 5.41) is 15.9. The Morgan fingerprint density at radius 2 is 1.87 bits per heavy atom. The zero-order valence-electron chi connectivity index (χ0n) is 17.1. The van der Waals surface area contributed by atoms with Gasteiger partial charge in [-0.2, -0.15) is 14.9 Å². The van der Waals surface area contributed by atoms with Crippen LogP contribution in [0.2, 0.25) is 0 Å². The minimum absolute atomic E-state index is 0.0818. The molecule has 0 saturated heterocycles.